The van der Waals surface area contributed by atoms with E-state index >= 15 is 0 Å². The molecule has 2 aliphatic heterocycles. The average molecular weight is 695 g/mol. The number of likely N-dealkylation sites (tertiary alicyclic amines) is 1. The number of carbonyl (C=O) groups excluding carboxylic acids is 5. The summed E-state index contributed by atoms with van der Waals surface area (Å²) in [5.41, 5.74) is 1.22. The lowest BCUT2D eigenvalue weighted by Gasteiger charge is -2.36. The molecule has 3 heterocycles. The van der Waals surface area contributed by atoms with Crippen molar-refractivity contribution in [1.29, 1.82) is 0 Å². The zero-order valence-electron chi connectivity index (χ0n) is 28.7. The molecule has 1 aliphatic carbocycles. The molecule has 5 rings (SSSR count). The minimum atomic E-state index is -1.17. The van der Waals surface area contributed by atoms with Gasteiger partial charge in [-0.05, 0) is 63.1 Å². The van der Waals surface area contributed by atoms with Crippen LogP contribution in [0.5, 0.6) is 5.75 Å². The fraction of sp³-hybridized carbons (Fsp3) is 0.571. The maximum absolute atomic E-state index is 13.7. The van der Waals surface area contributed by atoms with Crippen LogP contribution in [0.4, 0.5) is 4.79 Å². The molecule has 2 saturated heterocycles. The highest BCUT2D eigenvalue weighted by Crippen LogP contribution is 2.28. The van der Waals surface area contributed by atoms with Crippen LogP contribution in [-0.4, -0.2) is 125 Å². The van der Waals surface area contributed by atoms with Crippen molar-refractivity contribution >= 4 is 46.6 Å². The van der Waals surface area contributed by atoms with Gasteiger partial charge in [0.1, 0.15) is 23.5 Å². The quantitative estimate of drug-likeness (QED) is 0.248. The topological polar surface area (TPSA) is 188 Å². The summed E-state index contributed by atoms with van der Waals surface area (Å²) in [6, 6.07) is 5.25. The molecule has 1 aromatic heterocycles. The van der Waals surface area contributed by atoms with Crippen LogP contribution in [0.2, 0.25) is 0 Å². The van der Waals surface area contributed by atoms with Gasteiger partial charge in [0.15, 0.2) is 6.61 Å². The first kappa shape index (κ1) is 36.3. The number of piperazine rings is 1. The molecule has 0 unspecified atom stereocenters. The highest BCUT2D eigenvalue weighted by atomic mass is 16.6. The van der Waals surface area contributed by atoms with E-state index in [9.17, 15) is 33.9 Å². The Kier molecular flexibility index (Phi) is 12.1. The Balaban J connectivity index is 1.27. The smallest absolute Gasteiger partial charge is 0.409 e. The van der Waals surface area contributed by atoms with Gasteiger partial charge < -0.3 is 39.9 Å². The van der Waals surface area contributed by atoms with Crippen LogP contribution in [0.1, 0.15) is 74.3 Å². The van der Waals surface area contributed by atoms with Gasteiger partial charge in [0.2, 0.25) is 11.8 Å². The van der Waals surface area contributed by atoms with E-state index in [0.717, 1.165) is 31.2 Å². The van der Waals surface area contributed by atoms with Crippen molar-refractivity contribution in [1.82, 2.24) is 30.3 Å². The number of fused-ring (bicyclic) bond motifs is 1. The lowest BCUT2D eigenvalue weighted by Crippen LogP contribution is -2.56. The number of nitrogens with one attached hydrogen (secondary N) is 2. The van der Waals surface area contributed by atoms with Crippen molar-refractivity contribution in [2.24, 2.45) is 0 Å². The Bertz CT molecular complexity index is 1600. The molecule has 1 aromatic carbocycles. The number of pyridine rings is 1. The predicted octanol–water partition coefficient (Wildman–Crippen LogP) is 2.24. The van der Waals surface area contributed by atoms with E-state index in [1.165, 1.54) is 20.8 Å². The molecule has 0 spiro atoms. The molecular formula is C35H46N6O9. The molecule has 1 saturated carbocycles. The van der Waals surface area contributed by atoms with E-state index in [1.54, 1.807) is 12.1 Å². The van der Waals surface area contributed by atoms with Gasteiger partial charge in [0.05, 0.1) is 12.1 Å². The van der Waals surface area contributed by atoms with E-state index in [1.807, 2.05) is 19.9 Å². The van der Waals surface area contributed by atoms with Crippen LogP contribution in [0, 0.1) is 6.92 Å². The number of ether oxygens (including phenoxy) is 2. The Morgan fingerprint density at radius 1 is 1.00 bits per heavy atom. The number of aliphatic carboxylic acids is 1. The maximum atomic E-state index is 13.7. The summed E-state index contributed by atoms with van der Waals surface area (Å²) in [4.78, 5) is 86.1. The molecule has 2 aromatic rings. The highest BCUT2D eigenvalue weighted by Gasteiger charge is 2.37. The fourth-order valence-electron chi connectivity index (χ4n) is 6.11. The SMILES string of the molecule is CCCCOC(=O)N1CCN(C(=O)[C@H](CCC(=O)O)NC(=O)c2cc(OCC(=O)N3CCC[C@H]3C(=O)NC3CC3)c3ccc(C)cc3n2)CC1. The number of benzene rings is 1. The number of hydrogen-bond acceptors (Lipinski definition) is 9. The van der Waals surface area contributed by atoms with E-state index in [0.29, 0.717) is 36.9 Å². The van der Waals surface area contributed by atoms with Gasteiger partial charge in [0, 0.05) is 56.6 Å². The highest BCUT2D eigenvalue weighted by molar-refractivity contribution is 5.99. The molecular weight excluding hydrogens is 648 g/mol. The summed E-state index contributed by atoms with van der Waals surface area (Å²) in [5.74, 6) is -2.59. The number of rotatable bonds is 14. The van der Waals surface area contributed by atoms with E-state index < -0.39 is 36.0 Å². The minimum absolute atomic E-state index is 0.0822. The molecule has 3 N–H and O–H groups in total. The second-order valence-electron chi connectivity index (χ2n) is 13.1. The molecule has 3 aliphatic rings. The summed E-state index contributed by atoms with van der Waals surface area (Å²) >= 11 is 0. The summed E-state index contributed by atoms with van der Waals surface area (Å²) in [6.07, 6.45) is 3.86. The Labute approximate surface area is 290 Å². The van der Waals surface area contributed by atoms with Gasteiger partial charge >= 0.3 is 12.1 Å². The van der Waals surface area contributed by atoms with Crippen molar-refractivity contribution in [2.75, 3.05) is 45.9 Å². The van der Waals surface area contributed by atoms with Crippen LogP contribution >= 0.6 is 0 Å². The number of aromatic nitrogens is 1. The van der Waals surface area contributed by atoms with Gasteiger partial charge in [0.25, 0.3) is 11.8 Å². The fourth-order valence-corrected chi connectivity index (χ4v) is 6.11. The third-order valence-electron chi connectivity index (χ3n) is 9.13. The number of unbranched alkanes of at least 4 members (excludes halogenated alkanes) is 1. The minimum Gasteiger partial charge on any atom is -0.483 e. The lowest BCUT2D eigenvalue weighted by molar-refractivity contribution is -0.140. The number of carboxylic acid groups (broad SMARTS) is 1. The number of aryl methyl sites for hydroxylation is 1. The van der Waals surface area contributed by atoms with Gasteiger partial charge in [-0.15, -0.1) is 0 Å². The van der Waals surface area contributed by atoms with E-state index in [4.69, 9.17) is 9.47 Å². The Morgan fingerprint density at radius 2 is 1.74 bits per heavy atom. The zero-order valence-corrected chi connectivity index (χ0v) is 28.7. The largest absolute Gasteiger partial charge is 0.483 e. The predicted molar refractivity (Wildman–Crippen MR) is 180 cm³/mol. The van der Waals surface area contributed by atoms with Crippen molar-refractivity contribution < 1.29 is 43.3 Å². The third-order valence-corrected chi connectivity index (χ3v) is 9.13. The standard InChI is InChI=1S/C35H46N6O9/c1-3-4-18-49-35(48)40-16-14-39(15-17-40)34(47)25(11-12-31(43)44)38-32(45)27-20-29(24-10-7-22(2)19-26(24)37-27)50-21-30(42)41-13-5-6-28(41)33(46)36-23-8-9-23/h7,10,19-20,23,25,28H,3-6,8-9,11-18,21H2,1-2H3,(H,36,46)(H,38,45)(H,43,44)/t25-,28-/m0/s1. The molecule has 0 radical (unpaired) electrons. The van der Waals surface area contributed by atoms with Gasteiger partial charge in [-0.2, -0.15) is 0 Å². The van der Waals surface area contributed by atoms with Crippen molar-refractivity contribution in [3.63, 3.8) is 0 Å². The molecule has 2 atom stereocenters. The van der Waals surface area contributed by atoms with Crippen LogP contribution in [-0.2, 0) is 23.9 Å². The second kappa shape index (κ2) is 16.6. The van der Waals surface area contributed by atoms with Gasteiger partial charge in [-0.3, -0.25) is 24.0 Å². The molecule has 50 heavy (non-hydrogen) atoms. The number of amides is 5. The van der Waals surface area contributed by atoms with Gasteiger partial charge in [-0.1, -0.05) is 19.4 Å². The number of nitrogens with zero attached hydrogens (tertiary/aromatic N) is 4. The number of hydrogen-bond donors (Lipinski definition) is 3. The maximum Gasteiger partial charge on any atom is 0.409 e. The summed E-state index contributed by atoms with van der Waals surface area (Å²) < 4.78 is 11.3. The Morgan fingerprint density at radius 3 is 2.44 bits per heavy atom. The summed E-state index contributed by atoms with van der Waals surface area (Å²) in [5, 5.41) is 15.6. The van der Waals surface area contributed by atoms with Crippen molar-refractivity contribution in [3.8, 4) is 5.75 Å². The van der Waals surface area contributed by atoms with Crippen molar-refractivity contribution in [2.45, 2.75) is 83.3 Å². The molecule has 3 fully saturated rings. The monoisotopic (exact) mass is 694 g/mol. The van der Waals surface area contributed by atoms with Crippen molar-refractivity contribution in [3.05, 3.63) is 35.5 Å². The van der Waals surface area contributed by atoms with Crippen LogP contribution in [0.25, 0.3) is 10.9 Å². The zero-order chi connectivity index (χ0) is 35.8. The van der Waals surface area contributed by atoms with E-state index in [2.05, 4.69) is 15.6 Å². The summed E-state index contributed by atoms with van der Waals surface area (Å²) in [6.45, 7) is 5.13. The lowest BCUT2D eigenvalue weighted by atomic mass is 10.1. The number of carboxylic acids is 1. The molecule has 15 nitrogen and oxygen atoms in total. The second-order valence-corrected chi connectivity index (χ2v) is 13.1. The van der Waals surface area contributed by atoms with Crippen LogP contribution < -0.4 is 15.4 Å². The molecule has 15 heteroatoms. The summed E-state index contributed by atoms with van der Waals surface area (Å²) in [7, 11) is 0. The average Bonchev–Trinajstić information content (AvgIpc) is 3.78. The van der Waals surface area contributed by atoms with Gasteiger partial charge in [-0.25, -0.2) is 9.78 Å². The normalized spacial score (nSPS) is 18.0. The first-order chi connectivity index (χ1) is 24.0. The van der Waals surface area contributed by atoms with Crippen LogP contribution in [0.3, 0.4) is 0 Å². The van der Waals surface area contributed by atoms with E-state index in [-0.39, 0.29) is 74.9 Å². The first-order valence-electron chi connectivity index (χ1n) is 17.4. The van der Waals surface area contributed by atoms with Crippen LogP contribution in [0.15, 0.2) is 24.3 Å². The third kappa shape index (κ3) is 9.39. The molecule has 270 valence electrons. The Hall–Kier alpha value is -4.95. The molecule has 5 amide bonds. The molecule has 0 bridgehead atoms. The first-order valence-corrected chi connectivity index (χ1v) is 17.4. The number of carbonyl (C=O) groups is 6.